The number of carbonyl (C=O) groups excluding carboxylic acids is 1. The van der Waals surface area contributed by atoms with Crippen LogP contribution in [0.1, 0.15) is 29.0 Å². The Kier molecular flexibility index (Phi) is 4.04. The summed E-state index contributed by atoms with van der Waals surface area (Å²) in [6, 6.07) is 5.66. The molecule has 0 radical (unpaired) electrons. The van der Waals surface area contributed by atoms with Gasteiger partial charge in [0.1, 0.15) is 13.2 Å². The maximum atomic E-state index is 12.8. The average Bonchev–Trinajstić information content (AvgIpc) is 3.27. The number of nitrogens with zero attached hydrogens (tertiary/aromatic N) is 4. The Morgan fingerprint density at radius 2 is 2.12 bits per heavy atom. The molecular formula is C17H21N5O3. The second-order valence-corrected chi connectivity index (χ2v) is 6.29. The Morgan fingerprint density at radius 1 is 1.32 bits per heavy atom. The summed E-state index contributed by atoms with van der Waals surface area (Å²) in [6.45, 7) is 4.10. The second-order valence-electron chi connectivity index (χ2n) is 6.29. The van der Waals surface area contributed by atoms with Gasteiger partial charge in [0, 0.05) is 25.2 Å². The van der Waals surface area contributed by atoms with E-state index in [4.69, 9.17) is 15.2 Å². The molecule has 1 atom stereocenters. The molecule has 132 valence electrons. The molecule has 2 N–H and O–H groups in total. The zero-order chi connectivity index (χ0) is 17.4. The van der Waals surface area contributed by atoms with Crippen LogP contribution in [0.5, 0.6) is 11.5 Å². The summed E-state index contributed by atoms with van der Waals surface area (Å²) < 4.78 is 12.8. The van der Waals surface area contributed by atoms with Gasteiger partial charge in [-0.25, -0.2) is 4.68 Å². The molecule has 1 saturated heterocycles. The molecule has 2 aliphatic heterocycles. The molecule has 1 fully saturated rings. The van der Waals surface area contributed by atoms with Gasteiger partial charge in [-0.05, 0) is 31.9 Å². The van der Waals surface area contributed by atoms with E-state index in [1.165, 1.54) is 0 Å². The second kappa shape index (κ2) is 6.36. The molecule has 3 heterocycles. The van der Waals surface area contributed by atoms with Crippen molar-refractivity contribution in [3.8, 4) is 17.2 Å². The summed E-state index contributed by atoms with van der Waals surface area (Å²) in [5.41, 5.74) is 7.63. The zero-order valence-corrected chi connectivity index (χ0v) is 14.1. The Morgan fingerprint density at radius 3 is 2.92 bits per heavy atom. The summed E-state index contributed by atoms with van der Waals surface area (Å²) in [5.74, 6) is 1.29. The zero-order valence-electron chi connectivity index (χ0n) is 14.1. The number of benzene rings is 1. The normalized spacial score (nSPS) is 19.3. The molecule has 8 nitrogen and oxygen atoms in total. The molecule has 1 aromatic heterocycles. The van der Waals surface area contributed by atoms with E-state index in [2.05, 4.69) is 10.3 Å². The van der Waals surface area contributed by atoms with Gasteiger partial charge in [-0.1, -0.05) is 5.21 Å². The summed E-state index contributed by atoms with van der Waals surface area (Å²) in [5, 5.41) is 8.30. The lowest BCUT2D eigenvalue weighted by Crippen LogP contribution is -2.40. The van der Waals surface area contributed by atoms with Crippen LogP contribution in [0, 0.1) is 6.92 Å². The van der Waals surface area contributed by atoms with Gasteiger partial charge >= 0.3 is 0 Å². The van der Waals surface area contributed by atoms with Gasteiger partial charge in [-0.15, -0.1) is 5.10 Å². The van der Waals surface area contributed by atoms with Crippen LogP contribution in [-0.2, 0) is 0 Å². The number of aromatic nitrogens is 3. The van der Waals surface area contributed by atoms with Crippen molar-refractivity contribution < 1.29 is 14.3 Å². The summed E-state index contributed by atoms with van der Waals surface area (Å²) in [6.07, 6.45) is 1.92. The average molecular weight is 343 g/mol. The lowest BCUT2D eigenvalue weighted by Gasteiger charge is -2.22. The predicted molar refractivity (Wildman–Crippen MR) is 90.2 cm³/mol. The Bertz CT molecular complexity index is 804. The highest BCUT2D eigenvalue weighted by molar-refractivity contribution is 5.93. The third-order valence-corrected chi connectivity index (χ3v) is 4.78. The number of fused-ring (bicyclic) bond motifs is 1. The first kappa shape index (κ1) is 15.9. The molecule has 0 spiro atoms. The molecule has 0 saturated carbocycles. The van der Waals surface area contributed by atoms with E-state index in [-0.39, 0.29) is 11.9 Å². The van der Waals surface area contributed by atoms with E-state index < -0.39 is 0 Å². The minimum absolute atomic E-state index is 0.0892. The first-order valence-corrected chi connectivity index (χ1v) is 8.52. The van der Waals surface area contributed by atoms with Crippen LogP contribution in [0.15, 0.2) is 18.2 Å². The first-order chi connectivity index (χ1) is 12.2. The monoisotopic (exact) mass is 343 g/mol. The number of nitrogens with two attached hydrogens (primary N) is 1. The van der Waals surface area contributed by atoms with Crippen molar-refractivity contribution >= 4 is 5.91 Å². The molecular weight excluding hydrogens is 322 g/mol. The smallest absolute Gasteiger partial charge is 0.276 e. The van der Waals surface area contributed by atoms with E-state index in [9.17, 15) is 4.79 Å². The van der Waals surface area contributed by atoms with Crippen LogP contribution >= 0.6 is 0 Å². The number of likely N-dealkylation sites (tertiary alicyclic amines) is 1. The van der Waals surface area contributed by atoms with Gasteiger partial charge in [0.2, 0.25) is 0 Å². The molecule has 8 heteroatoms. The summed E-state index contributed by atoms with van der Waals surface area (Å²) in [4.78, 5) is 14.6. The van der Waals surface area contributed by atoms with Crippen LogP contribution in [0.25, 0.3) is 5.69 Å². The van der Waals surface area contributed by atoms with Gasteiger partial charge in [0.05, 0.1) is 11.4 Å². The molecule has 2 aromatic rings. The van der Waals surface area contributed by atoms with Crippen molar-refractivity contribution in [1.82, 2.24) is 19.9 Å². The highest BCUT2D eigenvalue weighted by atomic mass is 16.6. The van der Waals surface area contributed by atoms with Crippen LogP contribution in [0.2, 0.25) is 0 Å². The third kappa shape index (κ3) is 2.72. The standard InChI is InChI=1S/C17H21N5O3/c1-11-16(17(23)21-6-2-3-13(21)10-18)19-20-22(11)12-4-5-14-15(9-12)25-8-7-24-14/h4-5,9,13H,2-3,6-8,10,18H2,1H3. The fraction of sp³-hybridized carbons (Fsp3) is 0.471. The SMILES string of the molecule is Cc1c(C(=O)N2CCCC2CN)nnn1-c1ccc2c(c1)OCCO2. The molecule has 4 rings (SSSR count). The fourth-order valence-electron chi connectivity index (χ4n) is 3.42. The lowest BCUT2D eigenvalue weighted by atomic mass is 10.2. The number of ether oxygens (including phenoxy) is 2. The Balaban J connectivity index is 1.64. The molecule has 0 aliphatic carbocycles. The summed E-state index contributed by atoms with van der Waals surface area (Å²) >= 11 is 0. The van der Waals surface area contributed by atoms with Gasteiger partial charge in [-0.2, -0.15) is 0 Å². The summed E-state index contributed by atoms with van der Waals surface area (Å²) in [7, 11) is 0. The van der Waals surface area contributed by atoms with Gasteiger partial charge in [0.15, 0.2) is 17.2 Å². The highest BCUT2D eigenvalue weighted by Gasteiger charge is 2.31. The molecule has 1 aromatic carbocycles. The predicted octanol–water partition coefficient (Wildman–Crippen LogP) is 0.910. The quantitative estimate of drug-likeness (QED) is 0.890. The third-order valence-electron chi connectivity index (χ3n) is 4.78. The van der Waals surface area contributed by atoms with Crippen molar-refractivity contribution in [3.05, 3.63) is 29.6 Å². The van der Waals surface area contributed by atoms with Crippen molar-refractivity contribution in [2.24, 2.45) is 5.73 Å². The van der Waals surface area contributed by atoms with Crippen molar-refractivity contribution in [2.45, 2.75) is 25.8 Å². The molecule has 25 heavy (non-hydrogen) atoms. The van der Waals surface area contributed by atoms with E-state index in [1.54, 1.807) is 4.68 Å². The number of hydrogen-bond acceptors (Lipinski definition) is 6. The van der Waals surface area contributed by atoms with Crippen molar-refractivity contribution in [3.63, 3.8) is 0 Å². The van der Waals surface area contributed by atoms with Crippen LogP contribution in [0.3, 0.4) is 0 Å². The fourth-order valence-corrected chi connectivity index (χ4v) is 3.42. The Hall–Kier alpha value is -2.61. The molecule has 2 aliphatic rings. The minimum atomic E-state index is -0.103. The van der Waals surface area contributed by atoms with Crippen LogP contribution < -0.4 is 15.2 Å². The van der Waals surface area contributed by atoms with E-state index in [0.29, 0.717) is 42.6 Å². The number of carbonyl (C=O) groups is 1. The van der Waals surface area contributed by atoms with Crippen LogP contribution in [-0.4, -0.2) is 58.1 Å². The number of amides is 1. The van der Waals surface area contributed by atoms with Crippen molar-refractivity contribution in [1.29, 1.82) is 0 Å². The lowest BCUT2D eigenvalue weighted by molar-refractivity contribution is 0.0734. The van der Waals surface area contributed by atoms with Crippen LogP contribution in [0.4, 0.5) is 0 Å². The minimum Gasteiger partial charge on any atom is -0.486 e. The maximum absolute atomic E-state index is 12.8. The van der Waals surface area contributed by atoms with Gasteiger partial charge in [-0.3, -0.25) is 4.79 Å². The van der Waals surface area contributed by atoms with E-state index >= 15 is 0 Å². The van der Waals surface area contributed by atoms with Gasteiger partial charge in [0.25, 0.3) is 5.91 Å². The van der Waals surface area contributed by atoms with Crippen molar-refractivity contribution in [2.75, 3.05) is 26.3 Å². The largest absolute Gasteiger partial charge is 0.486 e. The topological polar surface area (TPSA) is 95.5 Å². The number of rotatable bonds is 3. The van der Waals surface area contributed by atoms with E-state index in [1.807, 2.05) is 30.0 Å². The highest BCUT2D eigenvalue weighted by Crippen LogP contribution is 2.32. The molecule has 1 unspecified atom stereocenters. The number of hydrogen-bond donors (Lipinski definition) is 1. The molecule has 0 bridgehead atoms. The first-order valence-electron chi connectivity index (χ1n) is 8.52. The van der Waals surface area contributed by atoms with Gasteiger partial charge < -0.3 is 20.1 Å². The van der Waals surface area contributed by atoms with E-state index in [0.717, 1.165) is 25.1 Å². The maximum Gasteiger partial charge on any atom is 0.276 e. The Labute approximate surface area is 145 Å². The molecule has 1 amide bonds.